The number of isocyanates is 1. The Morgan fingerprint density at radius 3 is 2.85 bits per heavy atom. The highest BCUT2D eigenvalue weighted by Crippen LogP contribution is 2.22. The molecule has 13 heavy (non-hydrogen) atoms. The molecular weight excluding hydrogens is 170 g/mol. The van der Waals surface area contributed by atoms with Gasteiger partial charge in [0.15, 0.2) is 0 Å². The van der Waals surface area contributed by atoms with Crippen molar-refractivity contribution < 1.29 is 14.3 Å². The van der Waals surface area contributed by atoms with Crippen LogP contribution in [-0.4, -0.2) is 25.2 Å². The number of esters is 1. The number of rotatable bonds is 2. The van der Waals surface area contributed by atoms with Crippen molar-refractivity contribution in [3.05, 3.63) is 12.2 Å². The van der Waals surface area contributed by atoms with Crippen LogP contribution >= 0.6 is 0 Å². The smallest absolute Gasteiger partial charge is 0.311 e. The van der Waals surface area contributed by atoms with E-state index >= 15 is 0 Å². The molecule has 0 amide bonds. The molecule has 0 bridgehead atoms. The van der Waals surface area contributed by atoms with Crippen LogP contribution in [0.25, 0.3) is 0 Å². The molecule has 0 aromatic rings. The highest BCUT2D eigenvalue weighted by atomic mass is 16.5. The summed E-state index contributed by atoms with van der Waals surface area (Å²) in [6, 6.07) is -0.296. The van der Waals surface area contributed by atoms with E-state index in [1.807, 2.05) is 12.2 Å². The van der Waals surface area contributed by atoms with Crippen molar-refractivity contribution in [2.45, 2.75) is 18.9 Å². The number of carbonyl (C=O) groups excluding carboxylic acids is 2. The third-order valence-electron chi connectivity index (χ3n) is 2.12. The van der Waals surface area contributed by atoms with Crippen LogP contribution in [0.2, 0.25) is 0 Å². The summed E-state index contributed by atoms with van der Waals surface area (Å²) < 4.78 is 4.60. The highest BCUT2D eigenvalue weighted by molar-refractivity contribution is 5.73. The molecule has 0 saturated heterocycles. The zero-order valence-corrected chi connectivity index (χ0v) is 7.40. The van der Waals surface area contributed by atoms with Crippen LogP contribution in [0.4, 0.5) is 0 Å². The lowest BCUT2D eigenvalue weighted by atomic mass is 9.89. The molecule has 4 nitrogen and oxygen atoms in total. The Labute approximate surface area is 76.3 Å². The molecule has 0 aromatic carbocycles. The number of nitrogens with zero attached hydrogens (tertiary/aromatic N) is 1. The SMILES string of the molecule is COC(=O)[C@@H]1CC=CC[C@@H]1N=C=O. The van der Waals surface area contributed by atoms with Gasteiger partial charge in [-0.15, -0.1) is 0 Å². The van der Waals surface area contributed by atoms with Gasteiger partial charge < -0.3 is 4.74 Å². The quantitative estimate of drug-likeness (QED) is 0.274. The number of allylic oxidation sites excluding steroid dienone is 1. The van der Waals surface area contributed by atoms with Crippen molar-refractivity contribution in [1.29, 1.82) is 0 Å². The molecule has 0 fully saturated rings. The van der Waals surface area contributed by atoms with Gasteiger partial charge in [0.2, 0.25) is 6.08 Å². The van der Waals surface area contributed by atoms with Gasteiger partial charge in [0.25, 0.3) is 0 Å². The van der Waals surface area contributed by atoms with E-state index in [2.05, 4.69) is 9.73 Å². The van der Waals surface area contributed by atoms with Crippen LogP contribution in [0, 0.1) is 5.92 Å². The normalized spacial score (nSPS) is 26.2. The lowest BCUT2D eigenvalue weighted by Crippen LogP contribution is -2.29. The Hall–Kier alpha value is -1.41. The molecule has 70 valence electrons. The minimum absolute atomic E-state index is 0.296. The highest BCUT2D eigenvalue weighted by Gasteiger charge is 2.29. The summed E-state index contributed by atoms with van der Waals surface area (Å²) in [6.07, 6.45) is 6.48. The van der Waals surface area contributed by atoms with Crippen LogP contribution in [-0.2, 0) is 14.3 Å². The van der Waals surface area contributed by atoms with Gasteiger partial charge in [0.05, 0.1) is 19.1 Å². The second-order valence-corrected chi connectivity index (χ2v) is 2.86. The monoisotopic (exact) mass is 181 g/mol. The van der Waals surface area contributed by atoms with E-state index in [0.29, 0.717) is 12.8 Å². The predicted octanol–water partition coefficient (Wildman–Crippen LogP) is 0.830. The molecule has 1 aliphatic carbocycles. The molecule has 0 unspecified atom stereocenters. The van der Waals surface area contributed by atoms with Crippen LogP contribution < -0.4 is 0 Å². The van der Waals surface area contributed by atoms with Gasteiger partial charge in [-0.25, -0.2) is 9.79 Å². The topological polar surface area (TPSA) is 55.7 Å². The van der Waals surface area contributed by atoms with Gasteiger partial charge in [-0.2, -0.15) is 0 Å². The molecule has 0 aromatic heterocycles. The lowest BCUT2D eigenvalue weighted by Gasteiger charge is -2.21. The third-order valence-corrected chi connectivity index (χ3v) is 2.12. The molecule has 1 rings (SSSR count). The Morgan fingerprint density at radius 2 is 2.23 bits per heavy atom. The first-order chi connectivity index (χ1) is 6.29. The van der Waals surface area contributed by atoms with Crippen LogP contribution in [0.15, 0.2) is 17.1 Å². The fourth-order valence-electron chi connectivity index (χ4n) is 1.41. The zero-order chi connectivity index (χ0) is 9.68. The number of aliphatic imine (C=N–C) groups is 1. The molecule has 0 saturated carbocycles. The van der Waals surface area contributed by atoms with E-state index in [0.717, 1.165) is 0 Å². The van der Waals surface area contributed by atoms with Crippen LogP contribution in [0.5, 0.6) is 0 Å². The first kappa shape index (κ1) is 9.68. The van der Waals surface area contributed by atoms with Crippen molar-refractivity contribution in [3.63, 3.8) is 0 Å². The van der Waals surface area contributed by atoms with Gasteiger partial charge in [-0.1, -0.05) is 12.2 Å². The number of methoxy groups -OCH3 is 1. The summed E-state index contributed by atoms with van der Waals surface area (Å²) in [5.74, 6) is -0.634. The number of hydrogen-bond acceptors (Lipinski definition) is 4. The average molecular weight is 181 g/mol. The molecular formula is C9H11NO3. The Bertz CT molecular complexity index is 266. The molecule has 4 heteroatoms. The summed E-state index contributed by atoms with van der Waals surface area (Å²) in [5.41, 5.74) is 0. The lowest BCUT2D eigenvalue weighted by molar-refractivity contribution is -0.146. The Balaban J connectivity index is 2.74. The first-order valence-corrected chi connectivity index (χ1v) is 4.09. The van der Waals surface area contributed by atoms with E-state index in [9.17, 15) is 9.59 Å². The number of ether oxygens (including phenoxy) is 1. The second-order valence-electron chi connectivity index (χ2n) is 2.86. The van der Waals surface area contributed by atoms with Crippen molar-refractivity contribution in [3.8, 4) is 0 Å². The van der Waals surface area contributed by atoms with Crippen molar-refractivity contribution in [2.24, 2.45) is 10.9 Å². The summed E-state index contributed by atoms with van der Waals surface area (Å²) in [6.45, 7) is 0. The molecule has 0 spiro atoms. The minimum Gasteiger partial charge on any atom is -0.469 e. The van der Waals surface area contributed by atoms with Gasteiger partial charge in [0.1, 0.15) is 0 Å². The van der Waals surface area contributed by atoms with E-state index in [-0.39, 0.29) is 17.9 Å². The van der Waals surface area contributed by atoms with Crippen molar-refractivity contribution >= 4 is 12.0 Å². The van der Waals surface area contributed by atoms with Gasteiger partial charge in [0, 0.05) is 0 Å². The van der Waals surface area contributed by atoms with Crippen LogP contribution in [0.1, 0.15) is 12.8 Å². The maximum atomic E-state index is 11.2. The van der Waals surface area contributed by atoms with Gasteiger partial charge in [-0.3, -0.25) is 4.79 Å². The van der Waals surface area contributed by atoms with Crippen molar-refractivity contribution in [1.82, 2.24) is 0 Å². The Morgan fingerprint density at radius 1 is 1.54 bits per heavy atom. The molecule has 1 aliphatic rings. The number of carbonyl (C=O) groups is 1. The fraction of sp³-hybridized carbons (Fsp3) is 0.556. The Kier molecular flexibility index (Phi) is 3.41. The minimum atomic E-state index is -0.323. The average Bonchev–Trinajstić information content (AvgIpc) is 2.18. The summed E-state index contributed by atoms with van der Waals surface area (Å²) >= 11 is 0. The van der Waals surface area contributed by atoms with Gasteiger partial charge >= 0.3 is 5.97 Å². The molecule has 0 radical (unpaired) electrons. The van der Waals surface area contributed by atoms with Crippen LogP contribution in [0.3, 0.4) is 0 Å². The standard InChI is InChI=1S/C9H11NO3/c1-13-9(12)7-4-2-3-5-8(7)10-6-11/h2-3,7-8H,4-5H2,1H3/t7-,8+/m1/s1. The molecule has 0 heterocycles. The largest absolute Gasteiger partial charge is 0.469 e. The maximum absolute atomic E-state index is 11.2. The van der Waals surface area contributed by atoms with Crippen molar-refractivity contribution in [2.75, 3.05) is 7.11 Å². The molecule has 0 aliphatic heterocycles. The number of hydrogen-bond donors (Lipinski definition) is 0. The van der Waals surface area contributed by atoms with E-state index in [4.69, 9.17) is 0 Å². The molecule has 2 atom stereocenters. The summed E-state index contributed by atoms with van der Waals surface area (Å²) in [7, 11) is 1.34. The molecule has 0 N–H and O–H groups in total. The maximum Gasteiger partial charge on any atom is 0.311 e. The summed E-state index contributed by atoms with van der Waals surface area (Å²) in [5, 5.41) is 0. The zero-order valence-electron chi connectivity index (χ0n) is 7.40. The van der Waals surface area contributed by atoms with E-state index < -0.39 is 0 Å². The first-order valence-electron chi connectivity index (χ1n) is 4.09. The van der Waals surface area contributed by atoms with E-state index in [1.165, 1.54) is 13.2 Å². The second kappa shape index (κ2) is 4.58. The summed E-state index contributed by atoms with van der Waals surface area (Å²) in [4.78, 5) is 24.8. The third kappa shape index (κ3) is 2.26. The van der Waals surface area contributed by atoms with Gasteiger partial charge in [-0.05, 0) is 12.8 Å². The fourth-order valence-corrected chi connectivity index (χ4v) is 1.41. The van der Waals surface area contributed by atoms with E-state index in [1.54, 1.807) is 0 Å². The predicted molar refractivity (Wildman–Crippen MR) is 45.8 cm³/mol.